The van der Waals surface area contributed by atoms with Crippen molar-refractivity contribution >= 4 is 111 Å². The number of fused-ring (bicyclic) bond motifs is 2. The van der Waals surface area contributed by atoms with Gasteiger partial charge in [0, 0.05) is 105 Å². The van der Waals surface area contributed by atoms with Crippen molar-refractivity contribution in [2.24, 2.45) is 27.9 Å². The molecular weight excluding hydrogens is 1380 g/mol. The monoisotopic (exact) mass is 1470 g/mol. The summed E-state index contributed by atoms with van der Waals surface area (Å²) in [6.07, 6.45) is 11.5. The number of anilines is 3. The Morgan fingerprint density at radius 1 is 0.827 bits per heavy atom. The number of benzene rings is 2. The van der Waals surface area contributed by atoms with Gasteiger partial charge in [0.1, 0.15) is 24.5 Å². The molecule has 4 atom stereocenters. The smallest absolute Gasteiger partial charge is 0.410 e. The van der Waals surface area contributed by atoms with Crippen LogP contribution in [-0.4, -0.2) is 169 Å². The van der Waals surface area contributed by atoms with E-state index in [-0.39, 0.29) is 116 Å². The normalized spacial score (nSPS) is 21.0. The first-order valence-electron chi connectivity index (χ1n) is 35.2. The molecule has 0 spiro atoms. The minimum Gasteiger partial charge on any atom is -0.476 e. The van der Waals surface area contributed by atoms with Crippen LogP contribution in [-0.2, 0) is 57.6 Å². The number of unbranched alkanes of at least 4 members (excludes halogenated alkanes) is 2. The molecule has 104 heavy (non-hydrogen) atoms. The number of nitrogens with zero attached hydrogens (tertiary/aromatic N) is 6. The summed E-state index contributed by atoms with van der Waals surface area (Å²) < 4.78 is 25.7. The van der Waals surface area contributed by atoms with Crippen LogP contribution in [0, 0.1) is 27.6 Å². The Morgan fingerprint density at radius 3 is 2.25 bits per heavy atom. The largest absolute Gasteiger partial charge is 0.476 e. The van der Waals surface area contributed by atoms with Crippen LogP contribution in [0.3, 0.4) is 0 Å². The number of amides is 9. The van der Waals surface area contributed by atoms with Crippen molar-refractivity contribution < 1.29 is 72.1 Å². The fourth-order valence-corrected chi connectivity index (χ4v) is 17.8. The second-order valence-electron chi connectivity index (χ2n) is 29.3. The molecular formula is C73H93N14O15PS. The quantitative estimate of drug-likeness (QED) is 0.00784. The summed E-state index contributed by atoms with van der Waals surface area (Å²) >= 11 is 1.33. The molecule has 5 heterocycles. The molecule has 2 aliphatic heterocycles. The number of primary amides is 1. The number of carboxylic acids is 1. The number of carboxylic acid groups (broad SMARTS) is 1. The minimum atomic E-state index is -4.42. The Bertz CT molecular complexity index is 4150. The van der Waals surface area contributed by atoms with Crippen LogP contribution in [0.4, 0.5) is 26.2 Å². The number of nitrogens with two attached hydrogens (primary N) is 1. The van der Waals surface area contributed by atoms with E-state index in [9.17, 15) is 62.6 Å². The molecule has 4 bridgehead atoms. The van der Waals surface area contributed by atoms with Gasteiger partial charge < -0.3 is 71.9 Å². The number of rotatable bonds is 35. The fourth-order valence-electron chi connectivity index (χ4n) is 16.5. The Balaban J connectivity index is 0.744. The summed E-state index contributed by atoms with van der Waals surface area (Å²) in [6, 6.07) is 16.3. The summed E-state index contributed by atoms with van der Waals surface area (Å²) in [4.78, 5) is 154. The third-order valence-electron chi connectivity index (χ3n) is 20.1. The zero-order valence-electron chi connectivity index (χ0n) is 59.2. The molecule has 3 aromatic heterocycles. The highest BCUT2D eigenvalue weighted by Crippen LogP contribution is 2.71. The van der Waals surface area contributed by atoms with Crippen LogP contribution >= 0.6 is 18.9 Å². The predicted octanol–water partition coefficient (Wildman–Crippen LogP) is 8.41. The maximum Gasteiger partial charge on any atom is 0.410 e. The third kappa shape index (κ3) is 19.7. The van der Waals surface area contributed by atoms with Crippen molar-refractivity contribution in [2.75, 3.05) is 67.6 Å². The summed E-state index contributed by atoms with van der Waals surface area (Å²) in [5.41, 5.74) is 8.88. The van der Waals surface area contributed by atoms with Crippen molar-refractivity contribution in [3.8, 4) is 0 Å². The van der Waals surface area contributed by atoms with Crippen molar-refractivity contribution in [1.29, 1.82) is 5.41 Å². The Hall–Kier alpha value is -9.48. The van der Waals surface area contributed by atoms with Gasteiger partial charge in [-0.15, -0.1) is 0 Å². The maximum atomic E-state index is 14.0. The lowest BCUT2D eigenvalue weighted by molar-refractivity contribution is -0.243. The molecule has 0 saturated heterocycles. The van der Waals surface area contributed by atoms with Gasteiger partial charge in [-0.05, 0) is 165 Å². The van der Waals surface area contributed by atoms with Crippen LogP contribution in [0.15, 0.2) is 90.8 Å². The molecule has 5 aromatic rings. The molecule has 12 N–H and O–H groups in total. The van der Waals surface area contributed by atoms with E-state index in [0.717, 1.165) is 59.0 Å². The molecule has 29 nitrogen and oxygen atoms in total. The number of thiazole rings is 1. The number of pyridine rings is 2. The zero-order valence-corrected chi connectivity index (χ0v) is 60.9. The summed E-state index contributed by atoms with van der Waals surface area (Å²) in [7, 11) is -4.42. The minimum absolute atomic E-state index is 0.0190. The Labute approximate surface area is 607 Å². The molecule has 11 rings (SSSR count). The molecule has 6 aliphatic rings. The predicted molar refractivity (Wildman–Crippen MR) is 390 cm³/mol. The molecule has 9 amide bonds. The highest BCUT2D eigenvalue weighted by atomic mass is 32.1. The van der Waals surface area contributed by atoms with E-state index in [2.05, 4.69) is 55.7 Å². The first kappa shape index (κ1) is 77.1. The second kappa shape index (κ2) is 33.1. The number of hydrogen-bond acceptors (Lipinski definition) is 19. The SMILES string of the molecule is C/C(NCC12CC3(C)CC(C)(C1)CC(OCCN(CCCP(=O)(O)O)C(=O)OCc1ccc(NC(=O)[C@H](CCCNC(N)=O)NC(=O)C(NC(=O)CCCCCN4C(=O)C=CC4=O)C(C)C)cc1)(C3)C2)=C(/C=N)c1ccc(N2CCc3cccc(C(=O)Nc4nc5ncccc5s4)c3C2)nc1C(=O)O. The summed E-state index contributed by atoms with van der Waals surface area (Å²) in [5, 5.41) is 37.2. The first-order valence-corrected chi connectivity index (χ1v) is 37.8. The number of aromatic carboxylic acids is 1. The highest BCUT2D eigenvalue weighted by Gasteiger charge is 2.66. The van der Waals surface area contributed by atoms with Crippen molar-refractivity contribution in [3.63, 3.8) is 0 Å². The Kier molecular flexibility index (Phi) is 24.6. The topological polar surface area (TPSA) is 420 Å². The van der Waals surface area contributed by atoms with E-state index >= 15 is 0 Å². The molecule has 556 valence electrons. The second-order valence-corrected chi connectivity index (χ2v) is 32.1. The van der Waals surface area contributed by atoms with Gasteiger partial charge in [-0.2, -0.15) is 4.98 Å². The molecule has 31 heteroatoms. The van der Waals surface area contributed by atoms with Crippen LogP contribution < -0.4 is 42.5 Å². The van der Waals surface area contributed by atoms with Gasteiger partial charge in [0.05, 0.1) is 23.1 Å². The molecule has 3 unspecified atom stereocenters. The first-order chi connectivity index (χ1) is 49.4. The van der Waals surface area contributed by atoms with E-state index in [1.807, 2.05) is 36.1 Å². The van der Waals surface area contributed by atoms with E-state index in [0.29, 0.717) is 96.4 Å². The number of hydrogen-bond donors (Lipinski definition) is 11. The fraction of sp³-hybridized carbons (Fsp3) is 0.493. The van der Waals surface area contributed by atoms with Gasteiger partial charge in [0.2, 0.25) is 17.7 Å². The lowest BCUT2D eigenvalue weighted by Crippen LogP contribution is -2.65. The third-order valence-corrected chi connectivity index (χ3v) is 21.9. The van der Waals surface area contributed by atoms with Gasteiger partial charge in [-0.1, -0.05) is 69.7 Å². The molecule has 0 radical (unpaired) electrons. The number of carbonyl (C=O) groups is 9. The average molecular weight is 1470 g/mol. The van der Waals surface area contributed by atoms with Gasteiger partial charge in [0.15, 0.2) is 16.5 Å². The maximum absolute atomic E-state index is 14.0. The zero-order chi connectivity index (χ0) is 74.7. The van der Waals surface area contributed by atoms with E-state index < -0.39 is 67.3 Å². The van der Waals surface area contributed by atoms with Crippen LogP contribution in [0.1, 0.15) is 161 Å². The lowest BCUT2D eigenvalue weighted by atomic mass is 9.39. The lowest BCUT2D eigenvalue weighted by Gasteiger charge is -2.69. The molecule has 4 aliphatic carbocycles. The van der Waals surface area contributed by atoms with Gasteiger partial charge in [0.25, 0.3) is 17.7 Å². The van der Waals surface area contributed by atoms with Crippen LogP contribution in [0.2, 0.25) is 0 Å². The van der Waals surface area contributed by atoms with Gasteiger partial charge in [-0.3, -0.25) is 43.5 Å². The van der Waals surface area contributed by atoms with Crippen molar-refractivity contribution in [2.45, 2.75) is 155 Å². The van der Waals surface area contributed by atoms with E-state index in [1.54, 1.807) is 62.5 Å². The van der Waals surface area contributed by atoms with Gasteiger partial charge >= 0.3 is 25.7 Å². The number of urea groups is 1. The summed E-state index contributed by atoms with van der Waals surface area (Å²) in [5.74, 6) is -3.90. The highest BCUT2D eigenvalue weighted by molar-refractivity contribution is 7.51. The molecule has 4 fully saturated rings. The van der Waals surface area contributed by atoms with E-state index in [1.165, 1.54) is 28.4 Å². The number of imide groups is 1. The van der Waals surface area contributed by atoms with Crippen LogP contribution in [0.25, 0.3) is 15.9 Å². The number of carbonyl (C=O) groups excluding carboxylic acids is 8. The number of ether oxygens (including phenoxy) is 2. The van der Waals surface area contributed by atoms with Crippen LogP contribution in [0.5, 0.6) is 0 Å². The average Bonchev–Trinajstić information content (AvgIpc) is 0.708. The molecule has 2 aromatic carbocycles. The summed E-state index contributed by atoms with van der Waals surface area (Å²) in [6.45, 7) is 11.5. The number of nitrogens with one attached hydrogen (secondary N) is 7. The van der Waals surface area contributed by atoms with Crippen molar-refractivity contribution in [1.82, 2.24) is 46.0 Å². The Morgan fingerprint density at radius 2 is 1.57 bits per heavy atom. The van der Waals surface area contributed by atoms with E-state index in [4.69, 9.17) is 25.6 Å². The number of allylic oxidation sites excluding steroid dienone is 2. The number of aromatic nitrogens is 3. The molecule has 4 saturated carbocycles. The van der Waals surface area contributed by atoms with Gasteiger partial charge in [-0.25, -0.2) is 24.4 Å². The van der Waals surface area contributed by atoms with Crippen molar-refractivity contribution in [3.05, 3.63) is 124 Å². The standard InChI is InChI=1S/C73H93N14O15PS/c1-45(2)60(82-57(88)17-7-6-8-30-87-58(89)24-25-59(87)90)65(93)80-54(15-10-28-77-67(75)96)64(92)79-49-20-18-47(19-21-49)37-101-69(97)85(29-12-34-103(98,99)100)32-33-102-73-41-70(4)38-71(5,42-73)40-72(39-70,43-73)44-78-46(3)52(35-74)50-22-23-56(81-61(50)66(94)95)86-31-26-48-13-9-14-51(53(48)36-86)63(91)84-68-83-62-55(104-68)16-11-27-76-62/h9,11,13-14,16,18-25,27,35,45,54,60,74,78H,6-8,10,12,15,17,26,28-34,36-44H2,1-5H3,(H,79,92)(H,80,93)(H,82,88)(H,94,95)(H3,75,77,96)(H2,98,99,100)(H,76,83,84,91)/b52-46+,74-35?/t54-,60?,70?,71?,72?,73?/m0/s1.